The van der Waals surface area contributed by atoms with Crippen molar-refractivity contribution in [3.63, 3.8) is 0 Å². The molecule has 0 saturated carbocycles. The molecule has 0 heterocycles. The van der Waals surface area contributed by atoms with Crippen LogP contribution in [-0.4, -0.2) is 44.0 Å². The van der Waals surface area contributed by atoms with Gasteiger partial charge in [-0.2, -0.15) is 30.4 Å². The zero-order chi connectivity index (χ0) is 32.9. The molecule has 0 aromatic heterocycles. The number of anilines is 1. The van der Waals surface area contributed by atoms with E-state index < -0.39 is 68.0 Å². The molecular weight excluding hydrogens is 658 g/mol. The van der Waals surface area contributed by atoms with Gasteiger partial charge in [0.1, 0.15) is 21.3 Å². The van der Waals surface area contributed by atoms with Crippen LogP contribution in [0.2, 0.25) is 0 Å². The van der Waals surface area contributed by atoms with E-state index >= 15 is 0 Å². The number of hydrogen-bond donors (Lipinski definition) is 5. The maximum absolute atomic E-state index is 13.2. The summed E-state index contributed by atoms with van der Waals surface area (Å²) in [7, 11) is -14.7. The Kier molecular flexibility index (Phi) is 7.85. The van der Waals surface area contributed by atoms with Crippen molar-refractivity contribution in [3.8, 4) is 5.75 Å². The van der Waals surface area contributed by atoms with Gasteiger partial charge in [-0.05, 0) is 72.1 Å². The van der Waals surface area contributed by atoms with Crippen LogP contribution >= 0.6 is 0 Å². The van der Waals surface area contributed by atoms with Crippen LogP contribution < -0.4 is 5.73 Å². The Labute approximate surface area is 253 Å². The number of nitrogen functional groups attached to an aromatic ring is 1. The quantitative estimate of drug-likeness (QED) is 0.0760. The lowest BCUT2D eigenvalue weighted by Crippen LogP contribution is -2.04. The Morgan fingerprint density at radius 2 is 1.18 bits per heavy atom. The van der Waals surface area contributed by atoms with E-state index in [-0.39, 0.29) is 38.6 Å². The average molecular weight is 676 g/mol. The zero-order valence-electron chi connectivity index (χ0n) is 22.1. The predicted octanol–water partition coefficient (Wildman–Crippen LogP) is 5.99. The second-order valence-corrected chi connectivity index (χ2v) is 13.5. The number of rotatable bonds is 7. The standard InChI is InChI=1S/C26H18FN5O10S3/c27-14-1-3-15(4-2-14)29-30-21-7-8-22(19-11-16(43(34,35)36)5-6-17(19)21)31-32-25-24(45(40,41)42)10-13-9-23(44(37,38)39)20(28)12-18(13)26(25)33/h1-12,33H,28H2,(H,34,35,36)(H,37,38,39)(H,40,41,42). The van der Waals surface area contributed by atoms with E-state index in [9.17, 15) is 48.4 Å². The number of nitrogens with two attached hydrogens (primary N) is 1. The van der Waals surface area contributed by atoms with Crippen LogP contribution in [0.4, 0.5) is 32.8 Å². The first kappa shape index (κ1) is 31.5. The first-order valence-corrected chi connectivity index (χ1v) is 16.4. The topological polar surface area (TPSA) is 259 Å². The minimum atomic E-state index is -5.14. The fourth-order valence-electron chi connectivity index (χ4n) is 4.26. The van der Waals surface area contributed by atoms with Gasteiger partial charge in [-0.25, -0.2) is 4.39 Å². The Balaban J connectivity index is 1.71. The highest BCUT2D eigenvalue weighted by Gasteiger charge is 2.25. The monoisotopic (exact) mass is 675 g/mol. The molecule has 6 N–H and O–H groups in total. The molecule has 19 heteroatoms. The summed E-state index contributed by atoms with van der Waals surface area (Å²) >= 11 is 0. The van der Waals surface area contributed by atoms with Gasteiger partial charge >= 0.3 is 0 Å². The zero-order valence-corrected chi connectivity index (χ0v) is 24.6. The Morgan fingerprint density at radius 3 is 1.78 bits per heavy atom. The lowest BCUT2D eigenvalue weighted by Gasteiger charge is -2.11. The highest BCUT2D eigenvalue weighted by Crippen LogP contribution is 2.44. The number of aromatic hydroxyl groups is 1. The third-order valence-corrected chi connectivity index (χ3v) is 8.96. The van der Waals surface area contributed by atoms with Crippen LogP contribution in [0.1, 0.15) is 0 Å². The molecule has 0 amide bonds. The first-order valence-electron chi connectivity index (χ1n) is 12.1. The minimum Gasteiger partial charge on any atom is -0.505 e. The highest BCUT2D eigenvalue weighted by molar-refractivity contribution is 7.86. The van der Waals surface area contributed by atoms with Gasteiger partial charge in [0.05, 0.1) is 27.6 Å². The molecule has 232 valence electrons. The van der Waals surface area contributed by atoms with Crippen LogP contribution in [0.25, 0.3) is 21.5 Å². The predicted molar refractivity (Wildman–Crippen MR) is 158 cm³/mol. The van der Waals surface area contributed by atoms with Gasteiger partial charge in [0.2, 0.25) is 0 Å². The average Bonchev–Trinajstić information content (AvgIpc) is 2.94. The largest absolute Gasteiger partial charge is 0.505 e. The highest BCUT2D eigenvalue weighted by atomic mass is 32.2. The fraction of sp³-hybridized carbons (Fsp3) is 0. The molecule has 0 saturated heterocycles. The van der Waals surface area contributed by atoms with E-state index in [0.29, 0.717) is 0 Å². The number of benzene rings is 5. The maximum atomic E-state index is 13.2. The molecule has 45 heavy (non-hydrogen) atoms. The van der Waals surface area contributed by atoms with Crippen LogP contribution in [-0.2, 0) is 30.4 Å². The molecular formula is C26H18FN5O10S3. The van der Waals surface area contributed by atoms with Crippen molar-refractivity contribution in [2.45, 2.75) is 14.7 Å². The Hall–Kier alpha value is -4.92. The number of azo groups is 2. The smallest absolute Gasteiger partial charge is 0.296 e. The van der Waals surface area contributed by atoms with Crippen molar-refractivity contribution in [2.75, 3.05) is 5.73 Å². The van der Waals surface area contributed by atoms with E-state index in [4.69, 9.17) is 5.73 Å². The van der Waals surface area contributed by atoms with Gasteiger partial charge in [-0.15, -0.1) is 15.3 Å². The van der Waals surface area contributed by atoms with Gasteiger partial charge in [0.15, 0.2) is 5.75 Å². The second kappa shape index (κ2) is 11.2. The van der Waals surface area contributed by atoms with E-state index in [0.717, 1.165) is 30.3 Å². The third-order valence-electron chi connectivity index (χ3n) is 6.33. The van der Waals surface area contributed by atoms with Gasteiger partial charge in [0.25, 0.3) is 30.4 Å². The molecule has 0 aliphatic rings. The summed E-state index contributed by atoms with van der Waals surface area (Å²) in [5, 5.41) is 26.6. The summed E-state index contributed by atoms with van der Waals surface area (Å²) in [6.45, 7) is 0. The summed E-state index contributed by atoms with van der Waals surface area (Å²) in [6, 6.07) is 13.6. The van der Waals surface area contributed by atoms with Crippen molar-refractivity contribution in [2.24, 2.45) is 20.5 Å². The van der Waals surface area contributed by atoms with E-state index in [2.05, 4.69) is 20.5 Å². The SMILES string of the molecule is Nc1cc2c(O)c(N=Nc3ccc(N=Nc4ccc(F)cc4)c4ccc(S(=O)(=O)O)cc34)c(S(=O)(=O)O)cc2cc1S(=O)(=O)O. The molecule has 0 radical (unpaired) electrons. The number of halogens is 1. The molecule has 0 bridgehead atoms. The van der Waals surface area contributed by atoms with Crippen LogP contribution in [0.3, 0.4) is 0 Å². The molecule has 15 nitrogen and oxygen atoms in total. The molecule has 5 aromatic rings. The first-order chi connectivity index (χ1) is 20.9. The normalized spacial score (nSPS) is 13.0. The summed E-state index contributed by atoms with van der Waals surface area (Å²) in [5.41, 5.74) is 4.73. The number of hydrogen-bond acceptors (Lipinski definition) is 12. The van der Waals surface area contributed by atoms with E-state index in [1.807, 2.05) is 0 Å². The van der Waals surface area contributed by atoms with Gasteiger partial charge in [0, 0.05) is 16.2 Å². The van der Waals surface area contributed by atoms with Crippen molar-refractivity contribution in [1.29, 1.82) is 0 Å². The fourth-order valence-corrected chi connectivity index (χ4v) is 6.06. The number of phenolic OH excluding ortho intramolecular Hbond substituents is 1. The van der Waals surface area contributed by atoms with Crippen molar-refractivity contribution in [1.82, 2.24) is 0 Å². The number of nitrogens with zero attached hydrogens (tertiary/aromatic N) is 4. The van der Waals surface area contributed by atoms with Gasteiger partial charge < -0.3 is 10.8 Å². The Bertz CT molecular complexity index is 2430. The molecule has 0 unspecified atom stereocenters. The summed E-state index contributed by atoms with van der Waals surface area (Å²) < 4.78 is 114. The molecule has 0 aliphatic heterocycles. The maximum Gasteiger partial charge on any atom is 0.296 e. The lowest BCUT2D eigenvalue weighted by atomic mass is 10.1. The van der Waals surface area contributed by atoms with Gasteiger partial charge in [-0.1, -0.05) is 6.07 Å². The molecule has 5 aromatic carbocycles. The minimum absolute atomic E-state index is 0.0140. The second-order valence-electron chi connectivity index (χ2n) is 9.30. The van der Waals surface area contributed by atoms with Crippen LogP contribution in [0.5, 0.6) is 5.75 Å². The van der Waals surface area contributed by atoms with Crippen molar-refractivity contribution < 1.29 is 48.4 Å². The van der Waals surface area contributed by atoms with Crippen LogP contribution in [0, 0.1) is 5.82 Å². The number of phenols is 1. The van der Waals surface area contributed by atoms with E-state index in [1.165, 1.54) is 42.5 Å². The van der Waals surface area contributed by atoms with E-state index in [1.54, 1.807) is 0 Å². The van der Waals surface area contributed by atoms with Crippen molar-refractivity contribution >= 4 is 80.3 Å². The van der Waals surface area contributed by atoms with Crippen molar-refractivity contribution in [3.05, 3.63) is 78.6 Å². The summed E-state index contributed by atoms with van der Waals surface area (Å²) in [4.78, 5) is -2.34. The number of fused-ring (bicyclic) bond motifs is 2. The van der Waals surface area contributed by atoms with Gasteiger partial charge in [-0.3, -0.25) is 13.7 Å². The summed E-state index contributed by atoms with van der Waals surface area (Å²) in [5.74, 6) is -1.39. The molecule has 0 atom stereocenters. The molecule has 0 aliphatic carbocycles. The molecule has 0 spiro atoms. The molecule has 5 rings (SSSR count). The Morgan fingerprint density at radius 1 is 0.600 bits per heavy atom. The third kappa shape index (κ3) is 6.48. The lowest BCUT2D eigenvalue weighted by molar-refractivity contribution is 0.472. The summed E-state index contributed by atoms with van der Waals surface area (Å²) in [6.07, 6.45) is 0. The van der Waals surface area contributed by atoms with Crippen LogP contribution in [0.15, 0.2) is 108 Å². The molecule has 0 fully saturated rings.